The van der Waals surface area contributed by atoms with Crippen molar-refractivity contribution in [1.29, 1.82) is 0 Å². The molecule has 0 aromatic rings. The molecule has 0 saturated heterocycles. The molecule has 0 aromatic carbocycles. The van der Waals surface area contributed by atoms with Crippen LogP contribution in [-0.2, 0) is 9.59 Å². The second-order valence-electron chi connectivity index (χ2n) is 8.71. The van der Waals surface area contributed by atoms with Crippen LogP contribution < -0.4 is 11.1 Å². The smallest absolute Gasteiger partial charge is 0.224 e. The Morgan fingerprint density at radius 1 is 1.13 bits per heavy atom. The maximum absolute atomic E-state index is 12.7. The summed E-state index contributed by atoms with van der Waals surface area (Å²) in [6.07, 6.45) is 7.58. The first-order valence-corrected chi connectivity index (χ1v) is 9.21. The van der Waals surface area contributed by atoms with E-state index in [1.54, 1.807) is 0 Å². The highest BCUT2D eigenvalue weighted by Crippen LogP contribution is 2.33. The molecule has 3 N–H and O–H groups in total. The van der Waals surface area contributed by atoms with Gasteiger partial charge in [-0.1, -0.05) is 39.5 Å². The predicted molar refractivity (Wildman–Crippen MR) is 94.7 cm³/mol. The molecule has 23 heavy (non-hydrogen) atoms. The predicted octanol–water partition coefficient (Wildman–Crippen LogP) is 3.64. The first-order valence-electron chi connectivity index (χ1n) is 9.21. The summed E-state index contributed by atoms with van der Waals surface area (Å²) in [4.78, 5) is 24.8. The van der Waals surface area contributed by atoms with Gasteiger partial charge in [-0.25, -0.2) is 0 Å². The van der Waals surface area contributed by atoms with Crippen LogP contribution in [-0.4, -0.2) is 17.4 Å². The number of rotatable bonds is 8. The summed E-state index contributed by atoms with van der Waals surface area (Å²) in [5.74, 6) is 0.0638. The molecule has 2 unspecified atom stereocenters. The largest absolute Gasteiger partial charge is 0.369 e. The van der Waals surface area contributed by atoms with E-state index in [4.69, 9.17) is 5.73 Å². The molecule has 0 aliphatic heterocycles. The van der Waals surface area contributed by atoms with Crippen LogP contribution in [0, 0.1) is 23.7 Å². The number of nitrogens with two attached hydrogens (primary N) is 1. The first kappa shape index (κ1) is 20.0. The highest BCUT2D eigenvalue weighted by atomic mass is 16.2. The van der Waals surface area contributed by atoms with Crippen molar-refractivity contribution >= 4 is 11.8 Å². The van der Waals surface area contributed by atoms with Gasteiger partial charge in [0.05, 0.1) is 0 Å². The number of hydrogen-bond acceptors (Lipinski definition) is 2. The molecule has 1 aliphatic rings. The first-order chi connectivity index (χ1) is 10.6. The van der Waals surface area contributed by atoms with Gasteiger partial charge in [0, 0.05) is 17.4 Å². The van der Waals surface area contributed by atoms with Crippen molar-refractivity contribution in [2.45, 2.75) is 85.1 Å². The van der Waals surface area contributed by atoms with Crippen LogP contribution in [0.1, 0.15) is 79.6 Å². The van der Waals surface area contributed by atoms with Crippen LogP contribution >= 0.6 is 0 Å². The average molecular weight is 325 g/mol. The standard InChI is InChI=1S/C19H36N2O2/c1-13(2)12-16(18(23)21-19(3,4)5)15(17(20)22)11-10-14-8-6-7-9-14/h13-16H,6-12H2,1-5H3,(H2,20,22)(H,21,23). The lowest BCUT2D eigenvalue weighted by atomic mass is 9.79. The Kier molecular flexibility index (Phi) is 7.56. The molecule has 0 bridgehead atoms. The molecule has 4 heteroatoms. The van der Waals surface area contributed by atoms with Crippen molar-refractivity contribution < 1.29 is 9.59 Å². The average Bonchev–Trinajstić information content (AvgIpc) is 2.87. The molecule has 0 heterocycles. The lowest BCUT2D eigenvalue weighted by Crippen LogP contribution is -2.48. The van der Waals surface area contributed by atoms with Crippen molar-refractivity contribution in [1.82, 2.24) is 5.32 Å². The third-order valence-electron chi connectivity index (χ3n) is 4.77. The van der Waals surface area contributed by atoms with Gasteiger partial charge in [-0.05, 0) is 51.9 Å². The summed E-state index contributed by atoms with van der Waals surface area (Å²) in [5, 5.41) is 3.04. The molecule has 1 rings (SSSR count). The normalized spacial score (nSPS) is 18.9. The molecule has 0 spiro atoms. The van der Waals surface area contributed by atoms with Crippen LogP contribution in [0.15, 0.2) is 0 Å². The molecule has 0 radical (unpaired) electrons. The van der Waals surface area contributed by atoms with E-state index in [0.29, 0.717) is 18.3 Å². The van der Waals surface area contributed by atoms with Gasteiger partial charge < -0.3 is 11.1 Å². The van der Waals surface area contributed by atoms with Crippen LogP contribution in [0.5, 0.6) is 0 Å². The molecule has 1 fully saturated rings. The number of hydrogen-bond donors (Lipinski definition) is 2. The number of carbonyl (C=O) groups excluding carboxylic acids is 2. The monoisotopic (exact) mass is 324 g/mol. The van der Waals surface area contributed by atoms with Crippen LogP contribution in [0.3, 0.4) is 0 Å². The summed E-state index contributed by atoms with van der Waals surface area (Å²) >= 11 is 0. The van der Waals surface area contributed by atoms with E-state index in [0.717, 1.165) is 12.8 Å². The quantitative estimate of drug-likeness (QED) is 0.715. The van der Waals surface area contributed by atoms with Crippen molar-refractivity contribution in [2.24, 2.45) is 29.4 Å². The Bertz CT molecular complexity index is 393. The topological polar surface area (TPSA) is 72.2 Å². The molecule has 134 valence electrons. The maximum Gasteiger partial charge on any atom is 0.224 e. The van der Waals surface area contributed by atoms with Gasteiger partial charge in [-0.3, -0.25) is 9.59 Å². The third-order valence-corrected chi connectivity index (χ3v) is 4.77. The van der Waals surface area contributed by atoms with Gasteiger partial charge in [0.15, 0.2) is 0 Å². The van der Waals surface area contributed by atoms with Crippen molar-refractivity contribution in [3.63, 3.8) is 0 Å². The highest BCUT2D eigenvalue weighted by molar-refractivity contribution is 5.87. The highest BCUT2D eigenvalue weighted by Gasteiger charge is 2.34. The lowest BCUT2D eigenvalue weighted by molar-refractivity contribution is -0.135. The Balaban J connectivity index is 2.79. The summed E-state index contributed by atoms with van der Waals surface area (Å²) in [6.45, 7) is 10.1. The Morgan fingerprint density at radius 3 is 2.13 bits per heavy atom. The number of primary amides is 1. The van der Waals surface area contributed by atoms with E-state index in [1.807, 2.05) is 20.8 Å². The number of amides is 2. The van der Waals surface area contributed by atoms with E-state index in [-0.39, 0.29) is 29.2 Å². The summed E-state index contributed by atoms with van der Waals surface area (Å²) < 4.78 is 0. The molecule has 1 aliphatic carbocycles. The maximum atomic E-state index is 12.7. The minimum Gasteiger partial charge on any atom is -0.369 e. The molecule has 4 nitrogen and oxygen atoms in total. The van der Waals surface area contributed by atoms with Crippen molar-refractivity contribution in [3.05, 3.63) is 0 Å². The molecular weight excluding hydrogens is 288 g/mol. The van der Waals surface area contributed by atoms with E-state index < -0.39 is 0 Å². The second-order valence-corrected chi connectivity index (χ2v) is 8.71. The Hall–Kier alpha value is -1.06. The molecule has 2 amide bonds. The lowest BCUT2D eigenvalue weighted by Gasteiger charge is -2.30. The molecular formula is C19H36N2O2. The van der Waals surface area contributed by atoms with Gasteiger partial charge in [0.25, 0.3) is 0 Å². The zero-order valence-electron chi connectivity index (χ0n) is 15.7. The van der Waals surface area contributed by atoms with E-state index in [9.17, 15) is 9.59 Å². The minimum atomic E-state index is -0.347. The van der Waals surface area contributed by atoms with Gasteiger partial charge in [0.1, 0.15) is 0 Å². The second kappa shape index (κ2) is 8.70. The van der Waals surface area contributed by atoms with Crippen LogP contribution in [0.2, 0.25) is 0 Å². The number of carbonyl (C=O) groups is 2. The van der Waals surface area contributed by atoms with Gasteiger partial charge >= 0.3 is 0 Å². The molecule has 1 saturated carbocycles. The van der Waals surface area contributed by atoms with Crippen molar-refractivity contribution in [2.75, 3.05) is 0 Å². The fraction of sp³-hybridized carbons (Fsp3) is 0.895. The van der Waals surface area contributed by atoms with Gasteiger partial charge in [-0.15, -0.1) is 0 Å². The van der Waals surface area contributed by atoms with Gasteiger partial charge in [0.2, 0.25) is 11.8 Å². The van der Waals surface area contributed by atoms with Crippen LogP contribution in [0.4, 0.5) is 0 Å². The SMILES string of the molecule is CC(C)CC(C(=O)NC(C)(C)C)C(CCC1CCCC1)C(N)=O. The van der Waals surface area contributed by atoms with E-state index >= 15 is 0 Å². The van der Waals surface area contributed by atoms with Crippen molar-refractivity contribution in [3.8, 4) is 0 Å². The third kappa shape index (κ3) is 7.36. The zero-order valence-corrected chi connectivity index (χ0v) is 15.7. The Morgan fingerprint density at radius 2 is 1.70 bits per heavy atom. The van der Waals surface area contributed by atoms with E-state index in [2.05, 4.69) is 19.2 Å². The summed E-state index contributed by atoms with van der Waals surface area (Å²) in [5.41, 5.74) is 5.39. The molecule has 0 aromatic heterocycles. The van der Waals surface area contributed by atoms with Gasteiger partial charge in [-0.2, -0.15) is 0 Å². The Labute approximate surface area is 142 Å². The zero-order chi connectivity index (χ0) is 17.6. The van der Waals surface area contributed by atoms with Crippen LogP contribution in [0.25, 0.3) is 0 Å². The fourth-order valence-corrected chi connectivity index (χ4v) is 3.68. The summed E-state index contributed by atoms with van der Waals surface area (Å²) in [6, 6.07) is 0. The van der Waals surface area contributed by atoms with E-state index in [1.165, 1.54) is 25.7 Å². The number of nitrogens with one attached hydrogen (secondary N) is 1. The summed E-state index contributed by atoms with van der Waals surface area (Å²) in [7, 11) is 0. The minimum absolute atomic E-state index is 0.0265. The fourth-order valence-electron chi connectivity index (χ4n) is 3.68. The molecule has 2 atom stereocenters.